The molecular formula is C26H20ClFN4O2. The van der Waals surface area contributed by atoms with Gasteiger partial charge in [-0.1, -0.05) is 23.7 Å². The zero-order chi connectivity index (χ0) is 23.7. The third kappa shape index (κ3) is 4.61. The molecule has 1 saturated carbocycles. The molecule has 2 N–H and O–H groups in total. The second-order valence-corrected chi connectivity index (χ2v) is 8.68. The number of carbonyl (C=O) groups excluding carboxylic acids is 2. The molecule has 0 aliphatic heterocycles. The topological polar surface area (TPSA) is 84.0 Å². The van der Waals surface area contributed by atoms with E-state index in [0.717, 1.165) is 16.3 Å². The number of halogens is 2. The highest BCUT2D eigenvalue weighted by Gasteiger charge is 2.44. The summed E-state index contributed by atoms with van der Waals surface area (Å²) >= 11 is 6.32. The largest absolute Gasteiger partial charge is 0.348 e. The summed E-state index contributed by atoms with van der Waals surface area (Å²) in [6.45, 7) is 0.257. The second kappa shape index (κ2) is 9.19. The van der Waals surface area contributed by atoms with E-state index in [9.17, 15) is 14.0 Å². The molecule has 0 radical (unpaired) electrons. The molecule has 2 aromatic carbocycles. The Morgan fingerprint density at radius 2 is 1.88 bits per heavy atom. The number of hydrogen-bond acceptors (Lipinski definition) is 4. The molecule has 0 saturated heterocycles. The van der Waals surface area contributed by atoms with E-state index >= 15 is 0 Å². The predicted octanol–water partition coefficient (Wildman–Crippen LogP) is 5.09. The summed E-state index contributed by atoms with van der Waals surface area (Å²) in [7, 11) is 0. The van der Waals surface area contributed by atoms with Crippen molar-refractivity contribution in [3.8, 4) is 0 Å². The molecule has 2 amide bonds. The SMILES string of the molecule is O=C(NCc1cccnc1)c1ccc([C@@H]2C[C@H]2C(=O)Nc2cc3ccncc3cc2Cl)cc1F. The summed E-state index contributed by atoms with van der Waals surface area (Å²) in [6, 6.07) is 13.5. The van der Waals surface area contributed by atoms with Gasteiger partial charge in [-0.05, 0) is 65.3 Å². The zero-order valence-electron chi connectivity index (χ0n) is 18.0. The lowest BCUT2D eigenvalue weighted by molar-refractivity contribution is -0.117. The van der Waals surface area contributed by atoms with Gasteiger partial charge in [0.05, 0.1) is 16.3 Å². The van der Waals surface area contributed by atoms with Gasteiger partial charge >= 0.3 is 0 Å². The van der Waals surface area contributed by atoms with Gasteiger partial charge in [-0.3, -0.25) is 19.6 Å². The van der Waals surface area contributed by atoms with Crippen molar-refractivity contribution in [2.24, 2.45) is 5.92 Å². The first-order chi connectivity index (χ1) is 16.5. The highest BCUT2D eigenvalue weighted by Crippen LogP contribution is 2.48. The summed E-state index contributed by atoms with van der Waals surface area (Å²) in [5.74, 6) is -1.67. The van der Waals surface area contributed by atoms with Crippen molar-refractivity contribution in [2.75, 3.05) is 5.32 Å². The first kappa shape index (κ1) is 22.0. The van der Waals surface area contributed by atoms with Crippen LogP contribution in [0.1, 0.15) is 33.8 Å². The molecule has 4 aromatic rings. The molecule has 2 heterocycles. The number of nitrogens with one attached hydrogen (secondary N) is 2. The van der Waals surface area contributed by atoms with Gasteiger partial charge in [0.2, 0.25) is 5.91 Å². The van der Waals surface area contributed by atoms with Crippen LogP contribution in [-0.2, 0) is 11.3 Å². The first-order valence-electron chi connectivity index (χ1n) is 10.8. The lowest BCUT2D eigenvalue weighted by Crippen LogP contribution is -2.24. The normalized spacial score (nSPS) is 16.8. The van der Waals surface area contributed by atoms with E-state index in [1.54, 1.807) is 43.0 Å². The fraction of sp³-hybridized carbons (Fsp3) is 0.154. The maximum Gasteiger partial charge on any atom is 0.254 e. The van der Waals surface area contributed by atoms with Crippen molar-refractivity contribution < 1.29 is 14.0 Å². The Labute approximate surface area is 200 Å². The third-order valence-corrected chi connectivity index (χ3v) is 6.27. The molecular weight excluding hydrogens is 455 g/mol. The number of hydrogen-bond donors (Lipinski definition) is 2. The van der Waals surface area contributed by atoms with E-state index in [1.807, 2.05) is 18.2 Å². The second-order valence-electron chi connectivity index (χ2n) is 8.28. The van der Waals surface area contributed by atoms with Crippen LogP contribution in [0.25, 0.3) is 10.8 Å². The average Bonchev–Trinajstić information content (AvgIpc) is 3.65. The third-order valence-electron chi connectivity index (χ3n) is 5.95. The van der Waals surface area contributed by atoms with Crippen LogP contribution in [-0.4, -0.2) is 21.8 Å². The molecule has 2 atom stereocenters. The number of benzene rings is 2. The van der Waals surface area contributed by atoms with Gasteiger partial charge in [-0.2, -0.15) is 0 Å². The molecule has 0 bridgehead atoms. The number of carbonyl (C=O) groups is 2. The monoisotopic (exact) mass is 474 g/mol. The minimum Gasteiger partial charge on any atom is -0.348 e. The van der Waals surface area contributed by atoms with Crippen LogP contribution in [0.4, 0.5) is 10.1 Å². The molecule has 8 heteroatoms. The van der Waals surface area contributed by atoms with E-state index in [-0.39, 0.29) is 29.9 Å². The number of nitrogens with zero attached hydrogens (tertiary/aromatic N) is 2. The van der Waals surface area contributed by atoms with Crippen LogP contribution in [0.5, 0.6) is 0 Å². The average molecular weight is 475 g/mol. The van der Waals surface area contributed by atoms with Crippen molar-refractivity contribution in [2.45, 2.75) is 18.9 Å². The van der Waals surface area contributed by atoms with Gasteiger partial charge in [0.25, 0.3) is 5.91 Å². The van der Waals surface area contributed by atoms with Crippen LogP contribution < -0.4 is 10.6 Å². The maximum atomic E-state index is 14.7. The van der Waals surface area contributed by atoms with Crippen molar-refractivity contribution >= 4 is 39.9 Å². The molecule has 0 spiro atoms. The van der Waals surface area contributed by atoms with Gasteiger partial charge < -0.3 is 10.6 Å². The molecule has 5 rings (SSSR count). The molecule has 1 aliphatic carbocycles. The summed E-state index contributed by atoms with van der Waals surface area (Å²) in [6.07, 6.45) is 7.27. The molecule has 2 aromatic heterocycles. The number of anilines is 1. The van der Waals surface area contributed by atoms with Gasteiger partial charge in [0.15, 0.2) is 0 Å². The van der Waals surface area contributed by atoms with Crippen LogP contribution in [0.15, 0.2) is 73.3 Å². The quantitative estimate of drug-likeness (QED) is 0.407. The molecule has 1 aliphatic rings. The Kier molecular flexibility index (Phi) is 5.94. The molecule has 34 heavy (non-hydrogen) atoms. The Hall–Kier alpha value is -3.84. The Bertz CT molecular complexity index is 1400. The predicted molar refractivity (Wildman–Crippen MR) is 128 cm³/mol. The Balaban J connectivity index is 1.23. The van der Waals surface area contributed by atoms with Gasteiger partial charge in [-0.25, -0.2) is 4.39 Å². The fourth-order valence-electron chi connectivity index (χ4n) is 4.01. The van der Waals surface area contributed by atoms with E-state index in [4.69, 9.17) is 11.6 Å². The minimum absolute atomic E-state index is 0.0354. The van der Waals surface area contributed by atoms with Crippen molar-refractivity contribution in [1.29, 1.82) is 0 Å². The van der Waals surface area contributed by atoms with Crippen LogP contribution >= 0.6 is 11.6 Å². The van der Waals surface area contributed by atoms with Crippen LogP contribution in [0, 0.1) is 11.7 Å². The number of fused-ring (bicyclic) bond motifs is 1. The van der Waals surface area contributed by atoms with Crippen molar-refractivity contribution in [3.05, 3.63) is 101 Å². The Morgan fingerprint density at radius 3 is 2.68 bits per heavy atom. The molecule has 0 unspecified atom stereocenters. The van der Waals surface area contributed by atoms with Gasteiger partial charge in [0.1, 0.15) is 5.82 Å². The number of rotatable bonds is 6. The van der Waals surface area contributed by atoms with E-state index < -0.39 is 11.7 Å². The van der Waals surface area contributed by atoms with Crippen molar-refractivity contribution in [3.63, 3.8) is 0 Å². The molecule has 6 nitrogen and oxygen atoms in total. The lowest BCUT2D eigenvalue weighted by Gasteiger charge is -2.10. The summed E-state index contributed by atoms with van der Waals surface area (Å²) in [5.41, 5.74) is 2.01. The number of amides is 2. The smallest absolute Gasteiger partial charge is 0.254 e. The maximum absolute atomic E-state index is 14.7. The summed E-state index contributed by atoms with van der Waals surface area (Å²) in [5, 5.41) is 7.81. The first-order valence-corrected chi connectivity index (χ1v) is 11.2. The van der Waals surface area contributed by atoms with E-state index in [0.29, 0.717) is 22.7 Å². The minimum atomic E-state index is -0.613. The summed E-state index contributed by atoms with van der Waals surface area (Å²) < 4.78 is 14.7. The number of aromatic nitrogens is 2. The highest BCUT2D eigenvalue weighted by atomic mass is 35.5. The van der Waals surface area contributed by atoms with Gasteiger partial charge in [-0.15, -0.1) is 0 Å². The lowest BCUT2D eigenvalue weighted by atomic mass is 10.0. The number of pyridine rings is 2. The van der Waals surface area contributed by atoms with E-state index in [2.05, 4.69) is 20.6 Å². The Morgan fingerprint density at radius 1 is 1.03 bits per heavy atom. The molecule has 1 fully saturated rings. The standard InChI is InChI=1S/C26H20ClFN4O2/c27-22-8-18-14-30-7-5-16(18)10-24(22)32-26(34)21-11-20(21)17-3-4-19(23(28)9-17)25(33)31-13-15-2-1-6-29-12-15/h1-10,12,14,20-21H,11,13H2,(H,31,33)(H,32,34)/t20-,21+/m0/s1. The van der Waals surface area contributed by atoms with E-state index in [1.165, 1.54) is 12.1 Å². The molecule has 170 valence electrons. The van der Waals surface area contributed by atoms with Crippen molar-refractivity contribution in [1.82, 2.24) is 15.3 Å². The zero-order valence-corrected chi connectivity index (χ0v) is 18.7. The summed E-state index contributed by atoms with van der Waals surface area (Å²) in [4.78, 5) is 33.2. The highest BCUT2D eigenvalue weighted by molar-refractivity contribution is 6.34. The van der Waals surface area contributed by atoms with Gasteiger partial charge in [0, 0.05) is 42.6 Å². The fourth-order valence-corrected chi connectivity index (χ4v) is 4.23. The van der Waals surface area contributed by atoms with Crippen LogP contribution in [0.2, 0.25) is 5.02 Å². The van der Waals surface area contributed by atoms with Crippen LogP contribution in [0.3, 0.4) is 0 Å².